The molecule has 73 valence electrons. The summed E-state index contributed by atoms with van der Waals surface area (Å²) in [6.07, 6.45) is 6.06. The molecule has 1 fully saturated rings. The molecule has 1 saturated heterocycles. The number of hydrogen-bond acceptors (Lipinski definition) is 2. The maximum absolute atomic E-state index is 10.8. The third kappa shape index (κ3) is 3.19. The van der Waals surface area contributed by atoms with Gasteiger partial charge in [0.25, 0.3) is 5.91 Å². The summed E-state index contributed by atoms with van der Waals surface area (Å²) in [5.41, 5.74) is 0. The van der Waals surface area contributed by atoms with Gasteiger partial charge in [-0.25, -0.2) is 0 Å². The van der Waals surface area contributed by atoms with E-state index < -0.39 is 0 Å². The van der Waals surface area contributed by atoms with Gasteiger partial charge in [-0.05, 0) is 19.8 Å². The van der Waals surface area contributed by atoms with Crippen molar-refractivity contribution in [3.8, 4) is 0 Å². The highest BCUT2D eigenvalue weighted by Crippen LogP contribution is 2.14. The molecule has 0 bridgehead atoms. The average Bonchev–Trinajstić information content (AvgIpc) is 2.16. The van der Waals surface area contributed by atoms with Crippen LogP contribution in [-0.4, -0.2) is 30.1 Å². The van der Waals surface area contributed by atoms with Gasteiger partial charge in [-0.15, -0.1) is 0 Å². The zero-order valence-electron chi connectivity index (χ0n) is 8.18. The van der Waals surface area contributed by atoms with E-state index in [1.807, 2.05) is 0 Å². The first-order valence-corrected chi connectivity index (χ1v) is 4.79. The molecule has 3 heteroatoms. The molecular weight excluding hydrogens is 164 g/mol. The Balaban J connectivity index is 2.26. The second kappa shape index (κ2) is 5.02. The maximum Gasteiger partial charge on any atom is 0.252 e. The van der Waals surface area contributed by atoms with Crippen LogP contribution in [0.3, 0.4) is 0 Å². The lowest BCUT2D eigenvalue weighted by atomic mass is 10.0. The van der Waals surface area contributed by atoms with Crippen molar-refractivity contribution >= 4 is 5.91 Å². The van der Waals surface area contributed by atoms with Gasteiger partial charge < -0.3 is 5.32 Å². The van der Waals surface area contributed by atoms with Crippen LogP contribution in [0.4, 0.5) is 0 Å². The van der Waals surface area contributed by atoms with Crippen LogP contribution in [0, 0.1) is 6.08 Å². The summed E-state index contributed by atoms with van der Waals surface area (Å²) >= 11 is 0. The van der Waals surface area contributed by atoms with Crippen LogP contribution in [0.15, 0.2) is 6.58 Å². The molecule has 1 radical (unpaired) electrons. The molecule has 1 rings (SSSR count). The minimum Gasteiger partial charge on any atom is -0.339 e. The lowest BCUT2D eigenvalue weighted by Gasteiger charge is -2.32. The van der Waals surface area contributed by atoms with Gasteiger partial charge in [0.1, 0.15) is 0 Å². The van der Waals surface area contributed by atoms with Crippen molar-refractivity contribution in [1.29, 1.82) is 0 Å². The van der Waals surface area contributed by atoms with Gasteiger partial charge in [-0.2, -0.15) is 0 Å². The van der Waals surface area contributed by atoms with Crippen molar-refractivity contribution in [2.24, 2.45) is 0 Å². The normalized spacial score (nSPS) is 23.9. The SMILES string of the molecule is C=[C]C(=O)NCN1CCCCC1C. The molecule has 0 aromatic carbocycles. The van der Waals surface area contributed by atoms with Crippen molar-refractivity contribution in [2.75, 3.05) is 13.2 Å². The van der Waals surface area contributed by atoms with Crippen molar-refractivity contribution in [3.05, 3.63) is 12.7 Å². The molecule has 1 atom stereocenters. The van der Waals surface area contributed by atoms with Crippen LogP contribution < -0.4 is 5.32 Å². The molecule has 1 unspecified atom stereocenters. The molecule has 0 saturated carbocycles. The first-order valence-electron chi connectivity index (χ1n) is 4.79. The topological polar surface area (TPSA) is 32.3 Å². The number of hydrogen-bond donors (Lipinski definition) is 1. The maximum atomic E-state index is 10.8. The second-order valence-corrected chi connectivity index (χ2v) is 3.50. The van der Waals surface area contributed by atoms with Crippen molar-refractivity contribution in [1.82, 2.24) is 10.2 Å². The number of carbonyl (C=O) groups excluding carboxylic acids is 1. The summed E-state index contributed by atoms with van der Waals surface area (Å²) in [6.45, 7) is 7.19. The van der Waals surface area contributed by atoms with Crippen molar-refractivity contribution in [3.63, 3.8) is 0 Å². The van der Waals surface area contributed by atoms with E-state index in [-0.39, 0.29) is 5.91 Å². The Kier molecular flexibility index (Phi) is 3.96. The Bertz CT molecular complexity index is 191. The Morgan fingerprint density at radius 3 is 3.08 bits per heavy atom. The number of likely N-dealkylation sites (tertiary alicyclic amines) is 1. The predicted octanol–water partition coefficient (Wildman–Crippen LogP) is 0.924. The van der Waals surface area contributed by atoms with E-state index in [2.05, 4.69) is 29.8 Å². The summed E-state index contributed by atoms with van der Waals surface area (Å²) in [5, 5.41) is 2.75. The summed E-state index contributed by atoms with van der Waals surface area (Å²) in [7, 11) is 0. The lowest BCUT2D eigenvalue weighted by Crippen LogP contribution is -2.44. The standard InChI is InChI=1S/C10H17N2O/c1-3-10(13)11-8-12-7-5-4-6-9(12)2/h9H,1,4-8H2,2H3,(H,11,13). The molecular formula is C10H17N2O. The number of piperidine rings is 1. The van der Waals surface area contributed by atoms with E-state index in [0.29, 0.717) is 12.7 Å². The number of carbonyl (C=O) groups is 1. The van der Waals surface area contributed by atoms with E-state index >= 15 is 0 Å². The quantitative estimate of drug-likeness (QED) is 0.657. The minimum absolute atomic E-state index is 0.210. The zero-order chi connectivity index (χ0) is 9.68. The number of rotatable bonds is 3. The molecule has 0 aromatic rings. The van der Waals surface area contributed by atoms with E-state index in [1.165, 1.54) is 19.3 Å². The number of nitrogens with one attached hydrogen (secondary N) is 1. The summed E-state index contributed by atoms with van der Waals surface area (Å²) < 4.78 is 0. The van der Waals surface area contributed by atoms with Crippen LogP contribution in [0.2, 0.25) is 0 Å². The molecule has 3 nitrogen and oxygen atoms in total. The molecule has 0 spiro atoms. The lowest BCUT2D eigenvalue weighted by molar-refractivity contribution is -0.118. The fourth-order valence-electron chi connectivity index (χ4n) is 1.63. The third-order valence-electron chi connectivity index (χ3n) is 2.54. The summed E-state index contributed by atoms with van der Waals surface area (Å²) in [4.78, 5) is 13.1. The van der Waals surface area contributed by atoms with Gasteiger partial charge in [0.05, 0.1) is 6.67 Å². The van der Waals surface area contributed by atoms with Crippen molar-refractivity contribution < 1.29 is 4.79 Å². The van der Waals surface area contributed by atoms with Crippen LogP contribution in [0.5, 0.6) is 0 Å². The van der Waals surface area contributed by atoms with Gasteiger partial charge in [0, 0.05) is 18.7 Å². The van der Waals surface area contributed by atoms with E-state index in [9.17, 15) is 4.79 Å². The van der Waals surface area contributed by atoms with Crippen LogP contribution >= 0.6 is 0 Å². The van der Waals surface area contributed by atoms with E-state index in [0.717, 1.165) is 6.54 Å². The first kappa shape index (κ1) is 10.3. The Morgan fingerprint density at radius 1 is 1.69 bits per heavy atom. The Hall–Kier alpha value is -0.830. The largest absolute Gasteiger partial charge is 0.339 e. The summed E-state index contributed by atoms with van der Waals surface area (Å²) in [6, 6.07) is 0.582. The fraction of sp³-hybridized carbons (Fsp3) is 0.700. The fourth-order valence-corrected chi connectivity index (χ4v) is 1.63. The summed E-state index contributed by atoms with van der Waals surface area (Å²) in [5.74, 6) is -0.210. The minimum atomic E-state index is -0.210. The third-order valence-corrected chi connectivity index (χ3v) is 2.54. The van der Waals surface area contributed by atoms with Crippen LogP contribution in [0.25, 0.3) is 0 Å². The van der Waals surface area contributed by atoms with Gasteiger partial charge >= 0.3 is 0 Å². The second-order valence-electron chi connectivity index (χ2n) is 3.50. The monoisotopic (exact) mass is 181 g/mol. The highest BCUT2D eigenvalue weighted by molar-refractivity contribution is 5.82. The van der Waals surface area contributed by atoms with Gasteiger partial charge in [-0.3, -0.25) is 9.69 Å². The molecule has 13 heavy (non-hydrogen) atoms. The van der Waals surface area contributed by atoms with Gasteiger partial charge in [0.2, 0.25) is 0 Å². The Morgan fingerprint density at radius 2 is 2.46 bits per heavy atom. The molecule has 1 aliphatic heterocycles. The first-order chi connectivity index (χ1) is 6.24. The van der Waals surface area contributed by atoms with Gasteiger partial charge in [-0.1, -0.05) is 13.0 Å². The zero-order valence-corrected chi connectivity index (χ0v) is 8.18. The van der Waals surface area contributed by atoms with E-state index in [1.54, 1.807) is 0 Å². The number of nitrogens with zero attached hydrogens (tertiary/aromatic N) is 1. The highest BCUT2D eigenvalue weighted by Gasteiger charge is 2.17. The molecule has 1 aliphatic rings. The number of amides is 1. The predicted molar refractivity (Wildman–Crippen MR) is 51.9 cm³/mol. The molecule has 0 aromatic heterocycles. The Labute approximate surface area is 79.8 Å². The van der Waals surface area contributed by atoms with Crippen LogP contribution in [-0.2, 0) is 4.79 Å². The average molecular weight is 181 g/mol. The highest BCUT2D eigenvalue weighted by atomic mass is 16.1. The molecule has 1 heterocycles. The van der Waals surface area contributed by atoms with Crippen molar-refractivity contribution in [2.45, 2.75) is 32.2 Å². The van der Waals surface area contributed by atoms with Gasteiger partial charge in [0.15, 0.2) is 0 Å². The molecule has 1 N–H and O–H groups in total. The van der Waals surface area contributed by atoms with Crippen LogP contribution in [0.1, 0.15) is 26.2 Å². The smallest absolute Gasteiger partial charge is 0.252 e. The molecule has 1 amide bonds. The van der Waals surface area contributed by atoms with E-state index in [4.69, 9.17) is 0 Å². The molecule has 0 aliphatic carbocycles.